The normalized spacial score (nSPS) is 16.5. The number of ether oxygens (including phenoxy) is 1. The number of nitrogens with zero attached hydrogens (tertiary/aromatic N) is 1. The van der Waals surface area contributed by atoms with Crippen molar-refractivity contribution < 1.29 is 24.3 Å². The molecule has 1 saturated heterocycles. The molecule has 0 aromatic rings. The Labute approximate surface area is 198 Å². The van der Waals surface area contributed by atoms with Gasteiger partial charge in [0.15, 0.2) is 6.11 Å². The molecule has 1 heterocycles. The first-order valence-corrected chi connectivity index (χ1v) is 11.4. The zero-order valence-corrected chi connectivity index (χ0v) is 20.3. The minimum Gasteiger partial charge on any atom is -0.481 e. The minimum absolute atomic E-state index is 0.171. The number of hydrogen-bond donors (Lipinski definition) is 1. The monoisotopic (exact) mass is 453 g/mol. The van der Waals surface area contributed by atoms with Crippen LogP contribution < -0.4 is 0 Å². The van der Waals surface area contributed by atoms with Crippen LogP contribution in [0.2, 0.25) is 0 Å². The second-order valence-corrected chi connectivity index (χ2v) is 9.42. The summed E-state index contributed by atoms with van der Waals surface area (Å²) in [7, 11) is 0. The zero-order chi connectivity index (χ0) is 24.7. The van der Waals surface area contributed by atoms with E-state index < -0.39 is 17.0 Å². The van der Waals surface area contributed by atoms with E-state index in [9.17, 15) is 9.59 Å². The molecule has 1 rings (SSSR count). The lowest BCUT2D eigenvalue weighted by molar-refractivity contribution is -0.255. The Kier molecular flexibility index (Phi) is 12.0. The number of terminal acetylenes is 1. The van der Waals surface area contributed by atoms with E-state index in [1.165, 1.54) is 0 Å². The number of carbonyl (C=O) groups is 2. The van der Waals surface area contributed by atoms with Gasteiger partial charge in [-0.15, -0.1) is 11.5 Å². The van der Waals surface area contributed by atoms with Gasteiger partial charge in [-0.3, -0.25) is 9.59 Å². The standard InChI is InChI=1S/C27H35NO5/c1-6-7-8-9-14-17-20-32-28-26(2,3)21-23(22-27(28,4)5)33-25(31)19-16-13-11-10-12-15-18-24(29)30/h1,23H,10-13,15-16,18-19,21-22H2,2-5H3,(H,29,30). The highest BCUT2D eigenvalue weighted by Gasteiger charge is 2.48. The lowest BCUT2D eigenvalue weighted by Crippen LogP contribution is -2.61. The van der Waals surface area contributed by atoms with Gasteiger partial charge < -0.3 is 14.7 Å². The molecular weight excluding hydrogens is 418 g/mol. The van der Waals surface area contributed by atoms with Crippen molar-refractivity contribution in [3.05, 3.63) is 0 Å². The smallest absolute Gasteiger partial charge is 0.306 e. The van der Waals surface area contributed by atoms with Gasteiger partial charge in [-0.05, 0) is 58.3 Å². The molecule has 1 aliphatic rings. The first-order valence-electron chi connectivity index (χ1n) is 11.4. The number of hydrogen-bond acceptors (Lipinski definition) is 5. The van der Waals surface area contributed by atoms with Crippen molar-refractivity contribution in [2.24, 2.45) is 0 Å². The number of rotatable bonds is 11. The number of carboxylic acid groups (broad SMARTS) is 1. The van der Waals surface area contributed by atoms with Crippen molar-refractivity contribution in [2.75, 3.05) is 0 Å². The number of hydroxylamine groups is 2. The van der Waals surface area contributed by atoms with Gasteiger partial charge in [-0.1, -0.05) is 25.7 Å². The van der Waals surface area contributed by atoms with E-state index in [2.05, 4.69) is 41.6 Å². The van der Waals surface area contributed by atoms with Crippen molar-refractivity contribution in [1.29, 1.82) is 0 Å². The van der Waals surface area contributed by atoms with Gasteiger partial charge in [0.25, 0.3) is 0 Å². The maximum atomic E-state index is 12.4. The van der Waals surface area contributed by atoms with Crippen LogP contribution in [-0.4, -0.2) is 39.3 Å². The van der Waals surface area contributed by atoms with Crippen LogP contribution >= 0.6 is 0 Å². The summed E-state index contributed by atoms with van der Waals surface area (Å²) in [5, 5.41) is 10.5. The summed E-state index contributed by atoms with van der Waals surface area (Å²) in [5.41, 5.74) is -0.790. The largest absolute Gasteiger partial charge is 0.481 e. The first-order chi connectivity index (χ1) is 15.6. The Morgan fingerprint density at radius 3 is 1.97 bits per heavy atom. The van der Waals surface area contributed by atoms with Crippen molar-refractivity contribution in [3.8, 4) is 48.1 Å². The predicted molar refractivity (Wildman–Crippen MR) is 127 cm³/mol. The topological polar surface area (TPSA) is 76.1 Å². The Balaban J connectivity index is 2.45. The second kappa shape index (κ2) is 14.2. The van der Waals surface area contributed by atoms with Crippen LogP contribution in [0.3, 0.4) is 0 Å². The van der Waals surface area contributed by atoms with E-state index in [0.717, 1.165) is 32.1 Å². The quantitative estimate of drug-likeness (QED) is 0.286. The van der Waals surface area contributed by atoms with Crippen molar-refractivity contribution in [2.45, 2.75) is 109 Å². The molecule has 0 radical (unpaired) electrons. The maximum Gasteiger partial charge on any atom is 0.306 e. The molecular formula is C27H35NO5. The third kappa shape index (κ3) is 11.4. The Morgan fingerprint density at radius 1 is 0.879 bits per heavy atom. The molecule has 0 unspecified atom stereocenters. The fourth-order valence-electron chi connectivity index (χ4n) is 4.22. The van der Waals surface area contributed by atoms with Crippen LogP contribution in [0.25, 0.3) is 0 Å². The van der Waals surface area contributed by atoms with E-state index in [1.54, 1.807) is 0 Å². The average Bonchev–Trinajstić information content (AvgIpc) is 2.69. The summed E-state index contributed by atoms with van der Waals surface area (Å²) in [5.74, 6) is 13.8. The molecule has 0 aromatic carbocycles. The first kappa shape index (κ1) is 28.0. The van der Waals surface area contributed by atoms with E-state index in [4.69, 9.17) is 21.1 Å². The third-order valence-electron chi connectivity index (χ3n) is 5.38. The van der Waals surface area contributed by atoms with Crippen LogP contribution in [0.4, 0.5) is 0 Å². The lowest BCUT2D eigenvalue weighted by atomic mass is 9.80. The fourth-order valence-corrected chi connectivity index (χ4v) is 4.22. The van der Waals surface area contributed by atoms with Gasteiger partial charge in [0, 0.05) is 43.4 Å². The van der Waals surface area contributed by atoms with Gasteiger partial charge in [0.1, 0.15) is 6.10 Å². The van der Waals surface area contributed by atoms with E-state index in [-0.39, 0.29) is 18.5 Å². The second-order valence-electron chi connectivity index (χ2n) is 9.42. The molecule has 1 fully saturated rings. The highest BCUT2D eigenvalue weighted by atomic mass is 16.7. The molecule has 0 amide bonds. The lowest BCUT2D eigenvalue weighted by Gasteiger charge is -2.51. The van der Waals surface area contributed by atoms with Crippen LogP contribution in [-0.2, 0) is 19.2 Å². The van der Waals surface area contributed by atoms with Crippen LogP contribution in [0.15, 0.2) is 0 Å². The third-order valence-corrected chi connectivity index (χ3v) is 5.38. The molecule has 0 aromatic heterocycles. The summed E-state index contributed by atoms with van der Waals surface area (Å²) >= 11 is 0. The van der Waals surface area contributed by atoms with Gasteiger partial charge >= 0.3 is 11.9 Å². The molecule has 33 heavy (non-hydrogen) atoms. The SMILES string of the molecule is C#CC#CC#CC#CON1C(C)(C)CC(OC(=O)CCCCCCCCC(=O)O)CC1(C)C. The molecule has 0 spiro atoms. The molecule has 178 valence electrons. The van der Waals surface area contributed by atoms with Crippen molar-refractivity contribution in [1.82, 2.24) is 5.06 Å². The molecule has 1 aliphatic heterocycles. The molecule has 0 saturated carbocycles. The van der Waals surface area contributed by atoms with Crippen molar-refractivity contribution >= 4 is 11.9 Å². The zero-order valence-electron chi connectivity index (χ0n) is 20.3. The van der Waals surface area contributed by atoms with Crippen LogP contribution in [0.1, 0.15) is 91.9 Å². The number of carboxylic acids is 1. The summed E-state index contributed by atoms with van der Waals surface area (Å²) in [6.07, 6.45) is 14.7. The van der Waals surface area contributed by atoms with Gasteiger partial charge in [0.05, 0.1) is 11.1 Å². The number of aliphatic carboxylic acids is 1. The molecule has 0 aliphatic carbocycles. The summed E-state index contributed by atoms with van der Waals surface area (Å²) in [6.45, 7) is 8.13. The summed E-state index contributed by atoms with van der Waals surface area (Å²) in [6, 6.07) is 0. The van der Waals surface area contributed by atoms with Crippen molar-refractivity contribution in [3.63, 3.8) is 0 Å². The van der Waals surface area contributed by atoms with Crippen LogP contribution in [0.5, 0.6) is 0 Å². The van der Waals surface area contributed by atoms with E-state index in [1.807, 2.05) is 32.8 Å². The highest BCUT2D eigenvalue weighted by Crippen LogP contribution is 2.39. The van der Waals surface area contributed by atoms with E-state index in [0.29, 0.717) is 25.7 Å². The van der Waals surface area contributed by atoms with Crippen LogP contribution in [0, 0.1) is 48.1 Å². The Morgan fingerprint density at radius 2 is 1.39 bits per heavy atom. The number of piperidine rings is 1. The maximum absolute atomic E-state index is 12.4. The summed E-state index contributed by atoms with van der Waals surface area (Å²) in [4.78, 5) is 28.6. The highest BCUT2D eigenvalue weighted by molar-refractivity contribution is 5.69. The number of esters is 1. The Hall–Kier alpha value is -3.06. The molecule has 6 heteroatoms. The fraction of sp³-hybridized carbons (Fsp3) is 0.630. The van der Waals surface area contributed by atoms with Gasteiger partial charge in [-0.25, -0.2) is 0 Å². The summed E-state index contributed by atoms with van der Waals surface area (Å²) < 4.78 is 5.79. The number of unbranched alkanes of at least 4 members (excludes halogenated alkanes) is 5. The van der Waals surface area contributed by atoms with Gasteiger partial charge in [0.2, 0.25) is 0 Å². The van der Waals surface area contributed by atoms with Gasteiger partial charge in [-0.2, -0.15) is 0 Å². The molecule has 6 nitrogen and oxygen atoms in total. The molecule has 1 N–H and O–H groups in total. The van der Waals surface area contributed by atoms with E-state index >= 15 is 0 Å². The number of carbonyl (C=O) groups excluding carboxylic acids is 1. The molecule has 0 atom stereocenters. The molecule has 0 bridgehead atoms. The minimum atomic E-state index is -0.744. The average molecular weight is 454 g/mol. The predicted octanol–water partition coefficient (Wildman–Crippen LogP) is 4.29. The Bertz CT molecular complexity index is 874.